The largest absolute Gasteiger partial charge is 0.437 e. The number of carbonyl (C=O) groups excluding carboxylic acids is 1. The van der Waals surface area contributed by atoms with E-state index in [2.05, 4.69) is 25.6 Å². The first kappa shape index (κ1) is 17.7. The van der Waals surface area contributed by atoms with Crippen LogP contribution in [0.5, 0.6) is 0 Å². The number of imidazole rings is 1. The number of halogens is 1. The van der Waals surface area contributed by atoms with Crippen molar-refractivity contribution in [3.63, 3.8) is 0 Å². The van der Waals surface area contributed by atoms with Gasteiger partial charge in [-0.05, 0) is 48.2 Å². The molecule has 30 heavy (non-hydrogen) atoms. The summed E-state index contributed by atoms with van der Waals surface area (Å²) in [5, 5.41) is 6.73. The number of anilines is 1. The summed E-state index contributed by atoms with van der Waals surface area (Å²) in [5.41, 5.74) is 4.82. The summed E-state index contributed by atoms with van der Waals surface area (Å²) in [4.78, 5) is 25.2. The van der Waals surface area contributed by atoms with Gasteiger partial charge >= 0.3 is 0 Å². The molecule has 3 heterocycles. The van der Waals surface area contributed by atoms with Crippen LogP contribution in [0, 0.1) is 0 Å². The van der Waals surface area contributed by atoms with Gasteiger partial charge in [-0.2, -0.15) is 0 Å². The molecule has 0 radical (unpaired) electrons. The first-order chi connectivity index (χ1) is 14.6. The molecular weight excluding hydrogens is 402 g/mol. The highest BCUT2D eigenvalue weighted by atomic mass is 35.5. The van der Waals surface area contributed by atoms with Crippen LogP contribution in [0.15, 0.2) is 40.9 Å². The van der Waals surface area contributed by atoms with E-state index in [9.17, 15) is 4.79 Å². The van der Waals surface area contributed by atoms with Crippen molar-refractivity contribution in [2.45, 2.75) is 31.8 Å². The lowest BCUT2D eigenvalue weighted by Crippen LogP contribution is -2.12. The summed E-state index contributed by atoms with van der Waals surface area (Å²) >= 11 is 6.28. The number of H-pyrrole nitrogens is 1. The average molecular weight is 420 g/mol. The van der Waals surface area contributed by atoms with Gasteiger partial charge in [-0.15, -0.1) is 0 Å². The minimum atomic E-state index is -0.261. The number of oxazole rings is 1. The lowest BCUT2D eigenvalue weighted by Gasteiger charge is -2.08. The topological polar surface area (TPSA) is 95.8 Å². The van der Waals surface area contributed by atoms with E-state index in [-0.39, 0.29) is 5.91 Å². The molecule has 1 fully saturated rings. The number of nitrogens with one attached hydrogen (secondary N) is 3. The van der Waals surface area contributed by atoms with Crippen LogP contribution in [0.3, 0.4) is 0 Å². The Kier molecular flexibility index (Phi) is 3.94. The zero-order valence-electron chi connectivity index (χ0n) is 16.0. The normalized spacial score (nSPS) is 15.5. The molecule has 1 aliphatic carbocycles. The Labute approximate surface area is 176 Å². The van der Waals surface area contributed by atoms with Gasteiger partial charge < -0.3 is 20.0 Å². The molecule has 4 aromatic rings. The Hall–Kier alpha value is -3.16. The van der Waals surface area contributed by atoms with Gasteiger partial charge in [-0.25, -0.2) is 9.97 Å². The highest BCUT2D eigenvalue weighted by Crippen LogP contribution is 2.40. The summed E-state index contributed by atoms with van der Waals surface area (Å²) < 4.78 is 5.85. The van der Waals surface area contributed by atoms with Gasteiger partial charge in [0.1, 0.15) is 5.52 Å². The number of hydrogen-bond donors (Lipinski definition) is 3. The molecular formula is C22H18ClN5O2. The highest BCUT2D eigenvalue weighted by Gasteiger charge is 2.29. The lowest BCUT2D eigenvalue weighted by atomic mass is 10.1. The number of rotatable bonds is 4. The minimum absolute atomic E-state index is 0.261. The van der Waals surface area contributed by atoms with E-state index in [0.29, 0.717) is 39.1 Å². The van der Waals surface area contributed by atoms with Crippen LogP contribution in [-0.4, -0.2) is 20.9 Å². The third kappa shape index (κ3) is 3.07. The van der Waals surface area contributed by atoms with E-state index in [4.69, 9.17) is 16.0 Å². The zero-order chi connectivity index (χ0) is 20.2. The quantitative estimate of drug-likeness (QED) is 0.449. The van der Waals surface area contributed by atoms with Crippen molar-refractivity contribution in [3.05, 3.63) is 64.1 Å². The Morgan fingerprint density at radius 3 is 2.90 bits per heavy atom. The first-order valence-electron chi connectivity index (χ1n) is 9.93. The van der Waals surface area contributed by atoms with E-state index in [1.165, 1.54) is 11.1 Å². The number of hydrogen-bond acceptors (Lipinski definition) is 5. The van der Waals surface area contributed by atoms with E-state index >= 15 is 0 Å². The van der Waals surface area contributed by atoms with Crippen molar-refractivity contribution in [1.29, 1.82) is 0 Å². The predicted octanol–water partition coefficient (Wildman–Crippen LogP) is 4.60. The number of carbonyl (C=O) groups is 1. The fraction of sp³-hybridized carbons (Fsp3) is 0.227. The van der Waals surface area contributed by atoms with Gasteiger partial charge in [0.25, 0.3) is 5.91 Å². The SMILES string of the molecule is O=C(Nc1ccc2c(c1)CNC2)c1cc(Cl)cc2[nH]c(-c3cnc(C4CC4)o3)nc12. The number of amides is 1. The van der Waals surface area contributed by atoms with E-state index in [1.807, 2.05) is 18.2 Å². The second-order valence-electron chi connectivity index (χ2n) is 7.81. The standard InChI is InChI=1S/C22H18ClN5O2/c23-14-6-16(21(29)26-15-4-3-12-8-24-9-13(12)5-15)19-17(7-14)27-20(28-19)18-10-25-22(30-18)11-1-2-11/h3-7,10-11,24H,1-2,8-9H2,(H,26,29)(H,27,28). The van der Waals surface area contributed by atoms with Crippen molar-refractivity contribution >= 4 is 34.2 Å². The minimum Gasteiger partial charge on any atom is -0.437 e. The van der Waals surface area contributed by atoms with Crippen LogP contribution in [-0.2, 0) is 13.1 Å². The molecule has 2 aromatic carbocycles. The summed E-state index contributed by atoms with van der Waals surface area (Å²) in [6.07, 6.45) is 3.89. The second kappa shape index (κ2) is 6.68. The number of fused-ring (bicyclic) bond motifs is 2. The molecule has 2 aromatic heterocycles. The third-order valence-corrected chi connectivity index (χ3v) is 5.79. The molecule has 1 aliphatic heterocycles. The summed E-state index contributed by atoms with van der Waals surface area (Å²) in [6, 6.07) is 9.33. The number of aromatic amines is 1. The molecule has 1 saturated carbocycles. The zero-order valence-corrected chi connectivity index (χ0v) is 16.7. The Morgan fingerprint density at radius 1 is 1.17 bits per heavy atom. The van der Waals surface area contributed by atoms with Gasteiger partial charge in [0.15, 0.2) is 17.5 Å². The maximum Gasteiger partial charge on any atom is 0.257 e. The third-order valence-electron chi connectivity index (χ3n) is 5.57. The average Bonchev–Trinajstić information content (AvgIpc) is 3.14. The number of benzene rings is 2. The molecule has 0 bridgehead atoms. The second-order valence-corrected chi connectivity index (χ2v) is 8.25. The highest BCUT2D eigenvalue weighted by molar-refractivity contribution is 6.32. The fourth-order valence-corrected chi connectivity index (χ4v) is 4.08. The molecule has 2 aliphatic rings. The van der Waals surface area contributed by atoms with Crippen LogP contribution in [0.2, 0.25) is 5.02 Å². The van der Waals surface area contributed by atoms with Crippen molar-refractivity contribution in [3.8, 4) is 11.6 Å². The summed E-state index contributed by atoms with van der Waals surface area (Å²) in [6.45, 7) is 1.67. The molecule has 8 heteroatoms. The van der Waals surface area contributed by atoms with Gasteiger partial charge in [0.2, 0.25) is 0 Å². The number of nitrogens with zero attached hydrogens (tertiary/aromatic N) is 2. The smallest absolute Gasteiger partial charge is 0.257 e. The van der Waals surface area contributed by atoms with Crippen molar-refractivity contribution in [1.82, 2.24) is 20.3 Å². The van der Waals surface area contributed by atoms with Gasteiger partial charge in [-0.3, -0.25) is 4.79 Å². The van der Waals surface area contributed by atoms with Crippen LogP contribution < -0.4 is 10.6 Å². The van der Waals surface area contributed by atoms with Crippen molar-refractivity contribution in [2.24, 2.45) is 0 Å². The molecule has 0 saturated heterocycles. The molecule has 0 atom stereocenters. The molecule has 7 nitrogen and oxygen atoms in total. The van der Waals surface area contributed by atoms with Crippen LogP contribution >= 0.6 is 11.6 Å². The molecule has 0 unspecified atom stereocenters. The molecule has 0 spiro atoms. The van der Waals surface area contributed by atoms with Crippen LogP contribution in [0.4, 0.5) is 5.69 Å². The maximum atomic E-state index is 13.1. The van der Waals surface area contributed by atoms with E-state index < -0.39 is 0 Å². The predicted molar refractivity (Wildman–Crippen MR) is 114 cm³/mol. The van der Waals surface area contributed by atoms with Crippen LogP contribution in [0.1, 0.15) is 46.1 Å². The molecule has 1 amide bonds. The molecule has 3 N–H and O–H groups in total. The fourth-order valence-electron chi connectivity index (χ4n) is 3.86. The van der Waals surface area contributed by atoms with E-state index in [1.54, 1.807) is 18.3 Å². The lowest BCUT2D eigenvalue weighted by molar-refractivity contribution is 0.102. The Bertz CT molecular complexity index is 1300. The maximum absolute atomic E-state index is 13.1. The number of aromatic nitrogens is 3. The monoisotopic (exact) mass is 419 g/mol. The molecule has 6 rings (SSSR count). The van der Waals surface area contributed by atoms with Gasteiger partial charge in [0.05, 0.1) is 17.3 Å². The first-order valence-corrected chi connectivity index (χ1v) is 10.3. The van der Waals surface area contributed by atoms with Crippen molar-refractivity contribution < 1.29 is 9.21 Å². The summed E-state index contributed by atoms with van der Waals surface area (Å²) in [7, 11) is 0. The Morgan fingerprint density at radius 2 is 2.03 bits per heavy atom. The summed E-state index contributed by atoms with van der Waals surface area (Å²) in [5.74, 6) is 1.99. The van der Waals surface area contributed by atoms with Crippen molar-refractivity contribution in [2.75, 3.05) is 5.32 Å². The molecule has 150 valence electrons. The van der Waals surface area contributed by atoms with Crippen LogP contribution in [0.25, 0.3) is 22.6 Å². The Balaban J connectivity index is 1.35. The van der Waals surface area contributed by atoms with Gasteiger partial charge in [0, 0.05) is 29.7 Å². The van der Waals surface area contributed by atoms with E-state index in [0.717, 1.165) is 37.5 Å². The van der Waals surface area contributed by atoms with Gasteiger partial charge in [-0.1, -0.05) is 17.7 Å².